The summed E-state index contributed by atoms with van der Waals surface area (Å²) in [5.41, 5.74) is 4.34. The molecule has 0 aliphatic carbocycles. The van der Waals surface area contributed by atoms with Crippen LogP contribution in [-0.4, -0.2) is 23.5 Å². The van der Waals surface area contributed by atoms with E-state index in [1.165, 1.54) is 5.56 Å². The first-order chi connectivity index (χ1) is 11.1. The van der Waals surface area contributed by atoms with Crippen LogP contribution in [0.1, 0.15) is 33.5 Å². The van der Waals surface area contributed by atoms with Crippen LogP contribution in [0.5, 0.6) is 0 Å². The minimum atomic E-state index is -0.949. The van der Waals surface area contributed by atoms with Gasteiger partial charge in [0.25, 0.3) is 0 Å². The molecule has 4 heteroatoms. The predicted octanol–water partition coefficient (Wildman–Crippen LogP) is 3.22. The summed E-state index contributed by atoms with van der Waals surface area (Å²) in [4.78, 5) is 25.7. The van der Waals surface area contributed by atoms with Gasteiger partial charge in [0, 0.05) is 18.7 Å². The van der Waals surface area contributed by atoms with E-state index >= 15 is 0 Å². The fourth-order valence-electron chi connectivity index (χ4n) is 3.22. The van der Waals surface area contributed by atoms with Crippen LogP contribution >= 0.6 is 0 Å². The average molecular weight is 309 g/mol. The summed E-state index contributed by atoms with van der Waals surface area (Å²) in [5, 5.41) is 9.21. The molecular formula is C19H19NO3. The lowest BCUT2D eigenvalue weighted by Gasteiger charge is -2.19. The molecule has 1 N–H and O–H groups in total. The van der Waals surface area contributed by atoms with E-state index < -0.39 is 5.97 Å². The number of hydrogen-bond acceptors (Lipinski definition) is 2. The molecule has 1 aliphatic heterocycles. The van der Waals surface area contributed by atoms with E-state index in [9.17, 15) is 14.7 Å². The second-order valence-electron chi connectivity index (χ2n) is 5.84. The Hall–Kier alpha value is -2.62. The zero-order chi connectivity index (χ0) is 16.4. The van der Waals surface area contributed by atoms with Crippen LogP contribution < -0.4 is 4.90 Å². The molecule has 4 nitrogen and oxygen atoms in total. The fourth-order valence-corrected chi connectivity index (χ4v) is 3.22. The second kappa shape index (κ2) is 6.24. The quantitative estimate of drug-likeness (QED) is 0.943. The van der Waals surface area contributed by atoms with Gasteiger partial charge in [0.15, 0.2) is 0 Å². The molecule has 0 spiro atoms. The van der Waals surface area contributed by atoms with E-state index in [2.05, 4.69) is 6.07 Å². The smallest absolute Gasteiger partial charge is 0.335 e. The number of carbonyl (C=O) groups is 2. The first-order valence-corrected chi connectivity index (χ1v) is 7.78. The molecule has 0 radical (unpaired) electrons. The van der Waals surface area contributed by atoms with E-state index in [0.717, 1.165) is 17.7 Å². The van der Waals surface area contributed by atoms with E-state index in [0.29, 0.717) is 24.9 Å². The highest BCUT2D eigenvalue weighted by Crippen LogP contribution is 2.31. The van der Waals surface area contributed by atoms with Crippen molar-refractivity contribution >= 4 is 17.6 Å². The molecule has 2 aromatic carbocycles. The lowest BCUT2D eigenvalue weighted by atomic mass is 10.0. The second-order valence-corrected chi connectivity index (χ2v) is 5.84. The first kappa shape index (κ1) is 15.3. The van der Waals surface area contributed by atoms with Gasteiger partial charge in [-0.3, -0.25) is 4.79 Å². The van der Waals surface area contributed by atoms with Crippen molar-refractivity contribution in [3.63, 3.8) is 0 Å². The van der Waals surface area contributed by atoms with Gasteiger partial charge in [-0.2, -0.15) is 0 Å². The fraction of sp³-hybridized carbons (Fsp3) is 0.263. The number of para-hydroxylation sites is 1. The number of fused-ring (bicyclic) bond motifs is 1. The van der Waals surface area contributed by atoms with Gasteiger partial charge < -0.3 is 10.0 Å². The molecule has 1 aliphatic rings. The molecule has 1 heterocycles. The Morgan fingerprint density at radius 1 is 1.13 bits per heavy atom. The zero-order valence-electron chi connectivity index (χ0n) is 13.1. The topological polar surface area (TPSA) is 57.6 Å². The molecule has 2 aromatic rings. The molecule has 0 saturated heterocycles. The molecule has 0 atom stereocenters. The molecule has 3 rings (SSSR count). The molecule has 0 aromatic heterocycles. The van der Waals surface area contributed by atoms with Gasteiger partial charge >= 0.3 is 5.97 Å². The van der Waals surface area contributed by atoms with Crippen molar-refractivity contribution in [3.05, 3.63) is 64.7 Å². The predicted molar refractivity (Wildman–Crippen MR) is 89.0 cm³/mol. The van der Waals surface area contributed by atoms with Crippen LogP contribution in [-0.2, 0) is 17.6 Å². The van der Waals surface area contributed by atoms with Gasteiger partial charge in [0.2, 0.25) is 5.91 Å². The summed E-state index contributed by atoms with van der Waals surface area (Å²) in [7, 11) is 0. The highest BCUT2D eigenvalue weighted by Gasteiger charge is 2.25. The third kappa shape index (κ3) is 2.97. The van der Waals surface area contributed by atoms with E-state index in [1.54, 1.807) is 18.2 Å². The summed E-state index contributed by atoms with van der Waals surface area (Å²) < 4.78 is 0. The van der Waals surface area contributed by atoms with Crippen molar-refractivity contribution in [2.24, 2.45) is 0 Å². The number of carboxylic acid groups (broad SMARTS) is 1. The monoisotopic (exact) mass is 309 g/mol. The van der Waals surface area contributed by atoms with Crippen LogP contribution in [0.4, 0.5) is 5.69 Å². The molecular weight excluding hydrogens is 290 g/mol. The number of amides is 1. The van der Waals surface area contributed by atoms with Gasteiger partial charge in [0.1, 0.15) is 0 Å². The van der Waals surface area contributed by atoms with Gasteiger partial charge in [-0.25, -0.2) is 4.79 Å². The van der Waals surface area contributed by atoms with Crippen molar-refractivity contribution in [2.75, 3.05) is 11.4 Å². The van der Waals surface area contributed by atoms with Gasteiger partial charge in [-0.15, -0.1) is 0 Å². The van der Waals surface area contributed by atoms with Crippen LogP contribution in [0, 0.1) is 6.92 Å². The Labute approximate surface area is 135 Å². The number of carbonyl (C=O) groups excluding carboxylic acids is 1. The summed E-state index contributed by atoms with van der Waals surface area (Å²) in [6.07, 6.45) is 1.64. The molecule has 0 bridgehead atoms. The van der Waals surface area contributed by atoms with E-state index in [4.69, 9.17) is 0 Å². The number of rotatable bonds is 4. The number of anilines is 1. The molecule has 1 amide bonds. The summed E-state index contributed by atoms with van der Waals surface area (Å²) in [6, 6.07) is 13.0. The third-order valence-electron chi connectivity index (χ3n) is 4.35. The van der Waals surface area contributed by atoms with Gasteiger partial charge in [-0.1, -0.05) is 36.4 Å². The first-order valence-electron chi connectivity index (χ1n) is 7.78. The number of aromatic carboxylic acids is 1. The van der Waals surface area contributed by atoms with Crippen LogP contribution in [0.2, 0.25) is 0 Å². The Morgan fingerprint density at radius 3 is 2.70 bits per heavy atom. The van der Waals surface area contributed by atoms with Crippen molar-refractivity contribution in [1.82, 2.24) is 0 Å². The SMILES string of the molecule is Cc1cccc2c1N(C(=O)CCc1ccccc1C(=O)O)CC2. The maximum atomic E-state index is 12.6. The highest BCUT2D eigenvalue weighted by atomic mass is 16.4. The van der Waals surface area contributed by atoms with Crippen LogP contribution in [0.3, 0.4) is 0 Å². The van der Waals surface area contributed by atoms with Crippen molar-refractivity contribution in [1.29, 1.82) is 0 Å². The van der Waals surface area contributed by atoms with Gasteiger partial charge in [-0.05, 0) is 42.5 Å². The lowest BCUT2D eigenvalue weighted by Crippen LogP contribution is -2.29. The van der Waals surface area contributed by atoms with E-state index in [1.807, 2.05) is 30.0 Å². The summed E-state index contributed by atoms with van der Waals surface area (Å²) >= 11 is 0. The molecule has 0 fully saturated rings. The van der Waals surface area contributed by atoms with Crippen LogP contribution in [0.25, 0.3) is 0 Å². The van der Waals surface area contributed by atoms with Crippen LogP contribution in [0.15, 0.2) is 42.5 Å². The minimum absolute atomic E-state index is 0.0539. The largest absolute Gasteiger partial charge is 0.478 e. The van der Waals surface area contributed by atoms with Crippen molar-refractivity contribution in [2.45, 2.75) is 26.2 Å². The lowest BCUT2D eigenvalue weighted by molar-refractivity contribution is -0.118. The van der Waals surface area contributed by atoms with E-state index in [-0.39, 0.29) is 11.5 Å². The average Bonchev–Trinajstić information content (AvgIpc) is 2.98. The van der Waals surface area contributed by atoms with Crippen molar-refractivity contribution in [3.8, 4) is 0 Å². The Kier molecular flexibility index (Phi) is 4.15. The number of hydrogen-bond donors (Lipinski definition) is 1. The normalized spacial score (nSPS) is 13.0. The number of aryl methyl sites for hydroxylation is 2. The summed E-state index contributed by atoms with van der Waals surface area (Å²) in [5.74, 6) is -0.895. The standard InChI is InChI=1S/C19H19NO3/c1-13-5-4-7-15-11-12-20(18(13)15)17(21)10-9-14-6-2-3-8-16(14)19(22)23/h2-8H,9-12H2,1H3,(H,22,23). The van der Waals surface area contributed by atoms with Crippen molar-refractivity contribution < 1.29 is 14.7 Å². The Morgan fingerprint density at radius 2 is 1.91 bits per heavy atom. The molecule has 0 unspecified atom stereocenters. The maximum absolute atomic E-state index is 12.6. The molecule has 118 valence electrons. The Balaban J connectivity index is 1.74. The number of benzene rings is 2. The minimum Gasteiger partial charge on any atom is -0.478 e. The zero-order valence-corrected chi connectivity index (χ0v) is 13.1. The maximum Gasteiger partial charge on any atom is 0.335 e. The highest BCUT2D eigenvalue weighted by molar-refractivity contribution is 5.96. The molecule has 0 saturated carbocycles. The third-order valence-corrected chi connectivity index (χ3v) is 4.35. The van der Waals surface area contributed by atoms with Gasteiger partial charge in [0.05, 0.1) is 5.56 Å². The number of carboxylic acids is 1. The molecule has 23 heavy (non-hydrogen) atoms. The summed E-state index contributed by atoms with van der Waals surface area (Å²) in [6.45, 7) is 2.73. The Bertz CT molecular complexity index is 767. The number of nitrogens with zero attached hydrogens (tertiary/aromatic N) is 1.